The quantitative estimate of drug-likeness (QED) is 0.519. The molecule has 4 rings (SSSR count). The predicted octanol–water partition coefficient (Wildman–Crippen LogP) is 3.27. The Morgan fingerprint density at radius 2 is 2.14 bits per heavy atom. The standard InChI is InChI=1S/C19H21F2N7/c20-19(21)14-3-4-17-25-10-15(28(17)26-14)13-5-6-24-18(9-13)27-7-1-2-12(11-27)8-16(22)23/h3-6,9-10,12,19H,1-2,7-8,11H2,(H3,22,23). The van der Waals surface area contributed by atoms with Crippen LogP contribution in [0, 0.1) is 11.3 Å². The Morgan fingerprint density at radius 1 is 1.29 bits per heavy atom. The summed E-state index contributed by atoms with van der Waals surface area (Å²) in [5, 5.41) is 11.6. The van der Waals surface area contributed by atoms with E-state index in [9.17, 15) is 8.78 Å². The molecule has 0 amide bonds. The maximum atomic E-state index is 13.0. The molecule has 146 valence electrons. The highest BCUT2D eigenvalue weighted by Gasteiger charge is 2.22. The maximum absolute atomic E-state index is 13.0. The highest BCUT2D eigenvalue weighted by atomic mass is 19.3. The highest BCUT2D eigenvalue weighted by molar-refractivity contribution is 5.77. The van der Waals surface area contributed by atoms with Crippen LogP contribution < -0.4 is 10.6 Å². The van der Waals surface area contributed by atoms with Gasteiger partial charge in [-0.15, -0.1) is 0 Å². The van der Waals surface area contributed by atoms with E-state index in [1.165, 1.54) is 16.6 Å². The number of hydrogen-bond donors (Lipinski definition) is 2. The summed E-state index contributed by atoms with van der Waals surface area (Å²) in [5.74, 6) is 1.36. The molecule has 28 heavy (non-hydrogen) atoms. The van der Waals surface area contributed by atoms with E-state index >= 15 is 0 Å². The zero-order valence-corrected chi connectivity index (χ0v) is 15.2. The van der Waals surface area contributed by atoms with Crippen LogP contribution in [0.15, 0.2) is 36.7 Å². The summed E-state index contributed by atoms with van der Waals surface area (Å²) in [6, 6.07) is 6.58. The van der Waals surface area contributed by atoms with E-state index in [1.54, 1.807) is 12.4 Å². The fraction of sp³-hybridized carbons (Fsp3) is 0.368. The van der Waals surface area contributed by atoms with Crippen LogP contribution in [0.2, 0.25) is 0 Å². The largest absolute Gasteiger partial charge is 0.388 e. The maximum Gasteiger partial charge on any atom is 0.282 e. The smallest absolute Gasteiger partial charge is 0.282 e. The van der Waals surface area contributed by atoms with Crippen LogP contribution >= 0.6 is 0 Å². The number of pyridine rings is 1. The van der Waals surface area contributed by atoms with Gasteiger partial charge in [0.2, 0.25) is 0 Å². The number of nitrogens with two attached hydrogens (primary N) is 1. The van der Waals surface area contributed by atoms with Gasteiger partial charge in [0.05, 0.1) is 17.7 Å². The van der Waals surface area contributed by atoms with Crippen LogP contribution in [0.4, 0.5) is 14.6 Å². The molecular weight excluding hydrogens is 364 g/mol. The lowest BCUT2D eigenvalue weighted by Crippen LogP contribution is -2.37. The van der Waals surface area contributed by atoms with Crippen molar-refractivity contribution in [1.82, 2.24) is 19.6 Å². The molecule has 1 aliphatic heterocycles. The van der Waals surface area contributed by atoms with E-state index < -0.39 is 6.43 Å². The number of aromatic nitrogens is 4. The van der Waals surface area contributed by atoms with Crippen LogP contribution in [-0.4, -0.2) is 38.5 Å². The lowest BCUT2D eigenvalue weighted by atomic mass is 9.94. The van der Waals surface area contributed by atoms with Crippen molar-refractivity contribution in [2.75, 3.05) is 18.0 Å². The SMILES string of the molecule is N=C(N)CC1CCCN(c2cc(-c3cnc4ccc(C(F)F)nn34)ccn2)C1. The van der Waals surface area contributed by atoms with Crippen LogP contribution in [0.5, 0.6) is 0 Å². The summed E-state index contributed by atoms with van der Waals surface area (Å²) in [4.78, 5) is 10.9. The summed E-state index contributed by atoms with van der Waals surface area (Å²) in [7, 11) is 0. The molecule has 0 bridgehead atoms. The fourth-order valence-electron chi connectivity index (χ4n) is 3.70. The van der Waals surface area contributed by atoms with Crippen molar-refractivity contribution in [1.29, 1.82) is 5.41 Å². The Hall–Kier alpha value is -3.10. The second-order valence-corrected chi connectivity index (χ2v) is 7.06. The van der Waals surface area contributed by atoms with E-state index in [0.717, 1.165) is 37.3 Å². The molecule has 0 aromatic carbocycles. The zero-order valence-electron chi connectivity index (χ0n) is 15.2. The number of hydrogen-bond acceptors (Lipinski definition) is 5. The Morgan fingerprint density at radius 3 is 2.93 bits per heavy atom. The van der Waals surface area contributed by atoms with Gasteiger partial charge in [0.1, 0.15) is 11.5 Å². The Kier molecular flexibility index (Phi) is 4.89. The minimum atomic E-state index is -2.64. The molecule has 1 atom stereocenters. The van der Waals surface area contributed by atoms with Gasteiger partial charge in [0.25, 0.3) is 6.43 Å². The Labute approximate surface area is 160 Å². The van der Waals surface area contributed by atoms with Crippen molar-refractivity contribution < 1.29 is 8.78 Å². The Bertz CT molecular complexity index is 1000. The van der Waals surface area contributed by atoms with Crippen LogP contribution in [0.1, 0.15) is 31.4 Å². The summed E-state index contributed by atoms with van der Waals surface area (Å²) in [6.07, 6.45) is 3.34. The minimum Gasteiger partial charge on any atom is -0.388 e. The molecule has 0 spiro atoms. The summed E-state index contributed by atoms with van der Waals surface area (Å²) >= 11 is 0. The van der Waals surface area contributed by atoms with Crippen LogP contribution in [0.3, 0.4) is 0 Å². The van der Waals surface area contributed by atoms with Crippen molar-refractivity contribution in [2.45, 2.75) is 25.7 Å². The molecule has 3 aromatic rings. The normalized spacial score (nSPS) is 17.4. The second-order valence-electron chi connectivity index (χ2n) is 7.06. The van der Waals surface area contributed by atoms with Crippen molar-refractivity contribution in [3.05, 3.63) is 42.4 Å². The number of halogens is 2. The van der Waals surface area contributed by atoms with Crippen molar-refractivity contribution in [3.63, 3.8) is 0 Å². The predicted molar refractivity (Wildman–Crippen MR) is 103 cm³/mol. The second kappa shape index (κ2) is 7.49. The first-order valence-electron chi connectivity index (χ1n) is 9.18. The molecule has 4 heterocycles. The van der Waals surface area contributed by atoms with Gasteiger partial charge in [-0.1, -0.05) is 0 Å². The van der Waals surface area contributed by atoms with E-state index in [1.807, 2.05) is 12.1 Å². The van der Waals surface area contributed by atoms with E-state index in [2.05, 4.69) is 20.0 Å². The molecule has 0 radical (unpaired) electrons. The molecule has 7 nitrogen and oxygen atoms in total. The number of anilines is 1. The molecule has 1 saturated heterocycles. The topological polar surface area (TPSA) is 96.2 Å². The summed E-state index contributed by atoms with van der Waals surface area (Å²) < 4.78 is 27.5. The fourth-order valence-corrected chi connectivity index (χ4v) is 3.70. The van der Waals surface area contributed by atoms with Crippen LogP contribution in [-0.2, 0) is 0 Å². The first-order chi connectivity index (χ1) is 13.5. The van der Waals surface area contributed by atoms with Crippen molar-refractivity contribution >= 4 is 17.3 Å². The molecule has 1 fully saturated rings. The van der Waals surface area contributed by atoms with Crippen molar-refractivity contribution in [3.8, 4) is 11.3 Å². The third kappa shape index (κ3) is 3.64. The minimum absolute atomic E-state index is 0.209. The molecule has 3 aromatic heterocycles. The number of piperidine rings is 1. The van der Waals surface area contributed by atoms with Crippen LogP contribution in [0.25, 0.3) is 16.9 Å². The van der Waals surface area contributed by atoms with Gasteiger partial charge in [-0.3, -0.25) is 5.41 Å². The highest BCUT2D eigenvalue weighted by Crippen LogP contribution is 2.28. The number of nitrogens with one attached hydrogen (secondary N) is 1. The van der Waals surface area contributed by atoms with Gasteiger partial charge < -0.3 is 10.6 Å². The van der Waals surface area contributed by atoms with Gasteiger partial charge in [0, 0.05) is 31.3 Å². The third-order valence-corrected chi connectivity index (χ3v) is 5.00. The van der Waals surface area contributed by atoms with E-state index in [-0.39, 0.29) is 11.5 Å². The van der Waals surface area contributed by atoms with Gasteiger partial charge >= 0.3 is 0 Å². The number of nitrogens with zero attached hydrogens (tertiary/aromatic N) is 5. The first-order valence-corrected chi connectivity index (χ1v) is 9.18. The Balaban J connectivity index is 1.65. The average molecular weight is 385 g/mol. The zero-order chi connectivity index (χ0) is 19.7. The van der Waals surface area contributed by atoms with Crippen molar-refractivity contribution in [2.24, 2.45) is 11.7 Å². The lowest BCUT2D eigenvalue weighted by molar-refractivity contribution is 0.144. The lowest BCUT2D eigenvalue weighted by Gasteiger charge is -2.33. The number of fused-ring (bicyclic) bond motifs is 1. The molecule has 1 aliphatic rings. The first kappa shape index (κ1) is 18.3. The van der Waals surface area contributed by atoms with E-state index in [4.69, 9.17) is 11.1 Å². The monoisotopic (exact) mass is 385 g/mol. The third-order valence-electron chi connectivity index (χ3n) is 5.00. The number of rotatable bonds is 5. The number of imidazole rings is 1. The number of alkyl halides is 2. The molecule has 1 unspecified atom stereocenters. The van der Waals surface area contributed by atoms with Gasteiger partial charge in [-0.25, -0.2) is 23.3 Å². The molecule has 0 aliphatic carbocycles. The molecule has 0 saturated carbocycles. The molecular formula is C19H21F2N7. The molecule has 3 N–H and O–H groups in total. The summed E-state index contributed by atoms with van der Waals surface area (Å²) in [6.45, 7) is 1.67. The average Bonchev–Trinajstić information content (AvgIpc) is 3.11. The van der Waals surface area contributed by atoms with Gasteiger partial charge in [0.15, 0.2) is 5.65 Å². The number of amidine groups is 1. The van der Waals surface area contributed by atoms with E-state index in [0.29, 0.717) is 23.7 Å². The summed E-state index contributed by atoms with van der Waals surface area (Å²) in [5.41, 5.74) is 7.23. The van der Waals surface area contributed by atoms with Gasteiger partial charge in [-0.05, 0) is 43.0 Å². The molecule has 9 heteroatoms. The van der Waals surface area contributed by atoms with Gasteiger partial charge in [-0.2, -0.15) is 5.10 Å².